The number of carbonyl (C=O) groups is 2. The van der Waals surface area contributed by atoms with Crippen molar-refractivity contribution in [1.82, 2.24) is 14.7 Å². The Labute approximate surface area is 117 Å². The van der Waals surface area contributed by atoms with Crippen LogP contribution in [-0.2, 0) is 17.9 Å². The van der Waals surface area contributed by atoms with E-state index >= 15 is 0 Å². The van der Waals surface area contributed by atoms with Crippen LogP contribution in [-0.4, -0.2) is 43.4 Å². The van der Waals surface area contributed by atoms with Crippen LogP contribution in [0.5, 0.6) is 0 Å². The molecular weight excluding hydrogens is 262 g/mol. The lowest BCUT2D eigenvalue weighted by molar-refractivity contribution is 0.0129. The molecule has 1 unspecified atom stereocenters. The number of amides is 2. The number of carbonyl (C=O) groups excluding carboxylic acids is 2. The van der Waals surface area contributed by atoms with Gasteiger partial charge in [0.15, 0.2) is 0 Å². The minimum absolute atomic E-state index is 0.242. The largest absolute Gasteiger partial charge is 0.443 e. The molecule has 0 aromatic carbocycles. The fourth-order valence-corrected chi connectivity index (χ4v) is 2.09. The van der Waals surface area contributed by atoms with Gasteiger partial charge >= 0.3 is 6.09 Å². The summed E-state index contributed by atoms with van der Waals surface area (Å²) < 4.78 is 6.77. The normalized spacial score (nSPS) is 18.9. The number of hydrogen-bond donors (Lipinski definition) is 1. The van der Waals surface area contributed by atoms with Crippen LogP contribution < -0.4 is 0 Å². The van der Waals surface area contributed by atoms with Gasteiger partial charge in [0.2, 0.25) is 0 Å². The van der Waals surface area contributed by atoms with Crippen LogP contribution in [0, 0.1) is 0 Å². The van der Waals surface area contributed by atoms with Crippen molar-refractivity contribution in [3.05, 3.63) is 17.5 Å². The molecule has 2 rings (SSSR count). The molecule has 0 spiro atoms. The Kier molecular flexibility index (Phi) is 3.56. The number of imide groups is 1. The molecule has 0 saturated carbocycles. The second-order valence-corrected chi connectivity index (χ2v) is 5.87. The van der Waals surface area contributed by atoms with Crippen LogP contribution in [0.15, 0.2) is 6.07 Å². The van der Waals surface area contributed by atoms with Gasteiger partial charge in [-0.15, -0.1) is 0 Å². The first-order chi connectivity index (χ1) is 9.23. The molecule has 1 aromatic rings. The highest BCUT2D eigenvalue weighted by Gasteiger charge is 2.38. The molecule has 1 atom stereocenters. The maximum atomic E-state index is 12.4. The first-order valence-electron chi connectivity index (χ1n) is 6.47. The van der Waals surface area contributed by atoms with Gasteiger partial charge < -0.3 is 9.84 Å². The minimum atomic E-state index is -0.662. The van der Waals surface area contributed by atoms with E-state index in [1.165, 1.54) is 10.7 Å². The average Bonchev–Trinajstić information content (AvgIpc) is 2.69. The third-order valence-corrected chi connectivity index (χ3v) is 2.90. The van der Waals surface area contributed by atoms with Crippen molar-refractivity contribution in [1.29, 1.82) is 0 Å². The molecule has 2 amide bonds. The second kappa shape index (κ2) is 4.90. The summed E-state index contributed by atoms with van der Waals surface area (Å²) in [4.78, 5) is 25.6. The fourth-order valence-electron chi connectivity index (χ4n) is 2.09. The highest BCUT2D eigenvalue weighted by atomic mass is 16.6. The van der Waals surface area contributed by atoms with Crippen LogP contribution in [0.4, 0.5) is 4.79 Å². The Hall–Kier alpha value is -1.89. The lowest BCUT2D eigenvalue weighted by Gasteiger charge is -2.33. The van der Waals surface area contributed by atoms with Crippen molar-refractivity contribution in [2.24, 2.45) is 0 Å². The van der Waals surface area contributed by atoms with Crippen molar-refractivity contribution in [3.63, 3.8) is 0 Å². The quantitative estimate of drug-likeness (QED) is 0.834. The summed E-state index contributed by atoms with van der Waals surface area (Å²) in [5.41, 5.74) is 0.0370. The Morgan fingerprint density at radius 1 is 1.55 bits per heavy atom. The molecule has 1 N–H and O–H groups in total. The van der Waals surface area contributed by atoms with Crippen LogP contribution >= 0.6 is 0 Å². The number of nitrogens with zero attached hydrogens (tertiary/aromatic N) is 3. The van der Waals surface area contributed by atoms with E-state index in [-0.39, 0.29) is 18.3 Å². The molecule has 1 aromatic heterocycles. The Morgan fingerprint density at radius 2 is 2.20 bits per heavy atom. The summed E-state index contributed by atoms with van der Waals surface area (Å²) in [5.74, 6) is -0.454. The molecule has 20 heavy (non-hydrogen) atoms. The second-order valence-electron chi connectivity index (χ2n) is 5.87. The molecule has 7 nitrogen and oxygen atoms in total. The number of hydrogen-bond acceptors (Lipinski definition) is 5. The SMILES string of the molecule is CC1Cn2nc(CO)cc2C(=O)N1C(=O)OC(C)(C)C. The molecule has 0 bridgehead atoms. The van der Waals surface area contributed by atoms with Gasteiger partial charge in [-0.2, -0.15) is 5.10 Å². The van der Waals surface area contributed by atoms with E-state index in [2.05, 4.69) is 5.10 Å². The van der Waals surface area contributed by atoms with Crippen molar-refractivity contribution < 1.29 is 19.4 Å². The third-order valence-electron chi connectivity index (χ3n) is 2.90. The fraction of sp³-hybridized carbons (Fsp3) is 0.615. The lowest BCUT2D eigenvalue weighted by Crippen LogP contribution is -2.51. The van der Waals surface area contributed by atoms with Gasteiger partial charge in [0.1, 0.15) is 11.3 Å². The lowest BCUT2D eigenvalue weighted by atomic mass is 10.2. The van der Waals surface area contributed by atoms with Gasteiger partial charge in [0, 0.05) is 0 Å². The van der Waals surface area contributed by atoms with Crippen molar-refractivity contribution in [2.45, 2.75) is 52.5 Å². The molecule has 7 heteroatoms. The molecule has 110 valence electrons. The van der Waals surface area contributed by atoms with Gasteiger partial charge in [0.05, 0.1) is 24.9 Å². The van der Waals surface area contributed by atoms with Crippen LogP contribution in [0.1, 0.15) is 43.9 Å². The maximum Gasteiger partial charge on any atom is 0.417 e. The summed E-state index contributed by atoms with van der Waals surface area (Å²) in [6.45, 7) is 7.15. The number of aliphatic hydroxyl groups excluding tert-OH is 1. The average molecular weight is 281 g/mol. The van der Waals surface area contributed by atoms with E-state index in [0.29, 0.717) is 12.2 Å². The number of rotatable bonds is 1. The zero-order valence-corrected chi connectivity index (χ0v) is 12.1. The number of aliphatic hydroxyl groups is 1. The molecule has 1 aliphatic rings. The smallest absolute Gasteiger partial charge is 0.417 e. The number of ether oxygens (including phenoxy) is 1. The summed E-state index contributed by atoms with van der Waals surface area (Å²) >= 11 is 0. The van der Waals surface area contributed by atoms with Crippen molar-refractivity contribution >= 4 is 12.0 Å². The minimum Gasteiger partial charge on any atom is -0.443 e. The van der Waals surface area contributed by atoms with E-state index in [1.807, 2.05) is 0 Å². The summed E-state index contributed by atoms with van der Waals surface area (Å²) in [5, 5.41) is 13.2. The topological polar surface area (TPSA) is 84.7 Å². The molecule has 0 fully saturated rings. The van der Waals surface area contributed by atoms with E-state index in [1.54, 1.807) is 27.7 Å². The molecule has 0 saturated heterocycles. The standard InChI is InChI=1S/C13H19N3O4/c1-8-6-15-10(5-9(7-17)14-15)11(18)16(8)12(19)20-13(2,3)4/h5,8,17H,6-7H2,1-4H3. The van der Waals surface area contributed by atoms with E-state index < -0.39 is 17.6 Å². The number of aromatic nitrogens is 2. The van der Waals surface area contributed by atoms with Crippen molar-refractivity contribution in [2.75, 3.05) is 0 Å². The Morgan fingerprint density at radius 3 is 2.75 bits per heavy atom. The first-order valence-corrected chi connectivity index (χ1v) is 6.47. The van der Waals surface area contributed by atoms with Crippen LogP contribution in [0.25, 0.3) is 0 Å². The van der Waals surface area contributed by atoms with Gasteiger partial charge in [-0.3, -0.25) is 9.48 Å². The van der Waals surface area contributed by atoms with E-state index in [0.717, 1.165) is 4.90 Å². The predicted octanol–water partition coefficient (Wildman–Crippen LogP) is 1.15. The van der Waals surface area contributed by atoms with E-state index in [4.69, 9.17) is 9.84 Å². The predicted molar refractivity (Wildman–Crippen MR) is 70.0 cm³/mol. The highest BCUT2D eigenvalue weighted by Crippen LogP contribution is 2.21. The van der Waals surface area contributed by atoms with Crippen LogP contribution in [0.2, 0.25) is 0 Å². The third kappa shape index (κ3) is 2.67. The Bertz CT molecular complexity index is 544. The van der Waals surface area contributed by atoms with Crippen molar-refractivity contribution in [3.8, 4) is 0 Å². The van der Waals surface area contributed by atoms with Gasteiger partial charge in [-0.1, -0.05) is 0 Å². The van der Waals surface area contributed by atoms with E-state index in [9.17, 15) is 9.59 Å². The Balaban J connectivity index is 2.28. The van der Waals surface area contributed by atoms with Crippen LogP contribution in [0.3, 0.4) is 0 Å². The summed E-state index contributed by atoms with van der Waals surface area (Å²) in [6.07, 6.45) is -0.659. The molecule has 2 heterocycles. The molecule has 0 aliphatic carbocycles. The summed E-state index contributed by atoms with van der Waals surface area (Å²) in [6, 6.07) is 1.14. The van der Waals surface area contributed by atoms with Gasteiger partial charge in [-0.05, 0) is 33.8 Å². The number of fused-ring (bicyclic) bond motifs is 1. The van der Waals surface area contributed by atoms with Gasteiger partial charge in [-0.25, -0.2) is 9.69 Å². The molecular formula is C13H19N3O4. The zero-order chi connectivity index (χ0) is 15.1. The maximum absolute atomic E-state index is 12.4. The zero-order valence-electron chi connectivity index (χ0n) is 12.1. The highest BCUT2D eigenvalue weighted by molar-refractivity contribution is 6.02. The molecule has 0 radical (unpaired) electrons. The monoisotopic (exact) mass is 281 g/mol. The van der Waals surface area contributed by atoms with Gasteiger partial charge in [0.25, 0.3) is 5.91 Å². The summed E-state index contributed by atoms with van der Waals surface area (Å²) in [7, 11) is 0. The molecule has 1 aliphatic heterocycles. The first kappa shape index (κ1) is 14.5.